The summed E-state index contributed by atoms with van der Waals surface area (Å²) in [5, 5.41) is 2.86. The smallest absolute Gasteiger partial charge is 0.252 e. The standard InChI is InChI=1S/C19H20N4O2/c24-18-16-4-2-1-3-14(16)13-17(21-18)19(25)23-11-9-22(10-12-23)15-5-7-20-8-6-15/h1-8,17H,9-13H2,(H,21,24)/t17-/m0/s1. The van der Waals surface area contributed by atoms with Gasteiger partial charge in [0.05, 0.1) is 0 Å². The van der Waals surface area contributed by atoms with E-state index in [1.807, 2.05) is 35.2 Å². The molecule has 1 saturated heterocycles. The van der Waals surface area contributed by atoms with Crippen LogP contribution in [-0.2, 0) is 11.2 Å². The molecule has 1 atom stereocenters. The van der Waals surface area contributed by atoms with Gasteiger partial charge in [0.25, 0.3) is 5.91 Å². The summed E-state index contributed by atoms with van der Waals surface area (Å²) in [6.45, 7) is 2.89. The van der Waals surface area contributed by atoms with E-state index in [1.54, 1.807) is 18.5 Å². The molecule has 25 heavy (non-hydrogen) atoms. The quantitative estimate of drug-likeness (QED) is 0.891. The summed E-state index contributed by atoms with van der Waals surface area (Å²) in [6, 6.07) is 11.0. The maximum atomic E-state index is 12.8. The molecule has 4 rings (SSSR count). The van der Waals surface area contributed by atoms with Crippen LogP contribution in [0.1, 0.15) is 15.9 Å². The minimum Gasteiger partial charge on any atom is -0.368 e. The molecule has 0 unspecified atom stereocenters. The number of nitrogens with zero attached hydrogens (tertiary/aromatic N) is 3. The second kappa shape index (κ2) is 6.55. The van der Waals surface area contributed by atoms with Gasteiger partial charge in [-0.3, -0.25) is 14.6 Å². The molecule has 1 aromatic carbocycles. The van der Waals surface area contributed by atoms with Gasteiger partial charge in [0, 0.05) is 56.2 Å². The highest BCUT2D eigenvalue weighted by Gasteiger charge is 2.32. The summed E-state index contributed by atoms with van der Waals surface area (Å²) in [4.78, 5) is 33.2. The van der Waals surface area contributed by atoms with Gasteiger partial charge < -0.3 is 15.1 Å². The molecule has 1 fully saturated rings. The molecule has 0 radical (unpaired) electrons. The molecule has 0 bridgehead atoms. The van der Waals surface area contributed by atoms with Crippen LogP contribution in [-0.4, -0.2) is 53.9 Å². The van der Waals surface area contributed by atoms with Crippen molar-refractivity contribution < 1.29 is 9.59 Å². The summed E-state index contributed by atoms with van der Waals surface area (Å²) >= 11 is 0. The van der Waals surface area contributed by atoms with Crippen LogP contribution in [0.4, 0.5) is 5.69 Å². The molecular formula is C19H20N4O2. The van der Waals surface area contributed by atoms with Gasteiger partial charge in [-0.25, -0.2) is 0 Å². The van der Waals surface area contributed by atoms with Crippen LogP contribution in [0, 0.1) is 0 Å². The third kappa shape index (κ3) is 3.07. The molecule has 6 heteroatoms. The lowest BCUT2D eigenvalue weighted by Crippen LogP contribution is -2.56. The van der Waals surface area contributed by atoms with Gasteiger partial charge in [-0.2, -0.15) is 0 Å². The van der Waals surface area contributed by atoms with E-state index in [9.17, 15) is 9.59 Å². The number of amides is 2. The zero-order chi connectivity index (χ0) is 17.2. The van der Waals surface area contributed by atoms with E-state index in [0.29, 0.717) is 25.1 Å². The highest BCUT2D eigenvalue weighted by Crippen LogP contribution is 2.19. The number of carbonyl (C=O) groups excluding carboxylic acids is 2. The molecule has 0 aliphatic carbocycles. The molecule has 2 amide bonds. The Balaban J connectivity index is 1.41. The highest BCUT2D eigenvalue weighted by atomic mass is 16.2. The Morgan fingerprint density at radius 3 is 2.52 bits per heavy atom. The number of hydrogen-bond donors (Lipinski definition) is 1. The lowest BCUT2D eigenvalue weighted by molar-refractivity contribution is -0.133. The summed E-state index contributed by atoms with van der Waals surface area (Å²) < 4.78 is 0. The van der Waals surface area contributed by atoms with Crippen LogP contribution in [0.15, 0.2) is 48.8 Å². The Morgan fingerprint density at radius 2 is 1.76 bits per heavy atom. The van der Waals surface area contributed by atoms with Crippen molar-refractivity contribution in [1.82, 2.24) is 15.2 Å². The fraction of sp³-hybridized carbons (Fsp3) is 0.316. The number of rotatable bonds is 2. The van der Waals surface area contributed by atoms with Crippen molar-refractivity contribution in [2.24, 2.45) is 0 Å². The monoisotopic (exact) mass is 336 g/mol. The minimum atomic E-state index is -0.463. The van der Waals surface area contributed by atoms with E-state index in [1.165, 1.54) is 0 Å². The zero-order valence-corrected chi connectivity index (χ0v) is 13.9. The Morgan fingerprint density at radius 1 is 1.04 bits per heavy atom. The molecule has 2 aromatic rings. The van der Waals surface area contributed by atoms with Crippen LogP contribution in [0.2, 0.25) is 0 Å². The predicted octanol–water partition coefficient (Wildman–Crippen LogP) is 1.08. The van der Waals surface area contributed by atoms with E-state index in [0.717, 1.165) is 24.3 Å². The van der Waals surface area contributed by atoms with E-state index in [-0.39, 0.29) is 11.8 Å². The van der Waals surface area contributed by atoms with E-state index >= 15 is 0 Å². The summed E-state index contributed by atoms with van der Waals surface area (Å²) in [6.07, 6.45) is 4.12. The predicted molar refractivity (Wildman–Crippen MR) is 94.4 cm³/mol. The average molecular weight is 336 g/mol. The number of anilines is 1. The normalized spacial score (nSPS) is 20.0. The molecule has 2 aliphatic heterocycles. The van der Waals surface area contributed by atoms with Gasteiger partial charge >= 0.3 is 0 Å². The van der Waals surface area contributed by atoms with Crippen LogP contribution in [0.5, 0.6) is 0 Å². The lowest BCUT2D eigenvalue weighted by Gasteiger charge is -2.38. The number of benzene rings is 1. The summed E-state index contributed by atoms with van der Waals surface area (Å²) in [7, 11) is 0. The van der Waals surface area contributed by atoms with E-state index in [4.69, 9.17) is 0 Å². The van der Waals surface area contributed by atoms with Gasteiger partial charge in [0.15, 0.2) is 0 Å². The van der Waals surface area contributed by atoms with Gasteiger partial charge in [-0.15, -0.1) is 0 Å². The number of hydrogen-bond acceptors (Lipinski definition) is 4. The van der Waals surface area contributed by atoms with Gasteiger partial charge in [0.2, 0.25) is 5.91 Å². The number of piperazine rings is 1. The first-order valence-corrected chi connectivity index (χ1v) is 8.55. The van der Waals surface area contributed by atoms with Crippen molar-refractivity contribution in [3.8, 4) is 0 Å². The molecule has 1 N–H and O–H groups in total. The molecule has 1 aromatic heterocycles. The lowest BCUT2D eigenvalue weighted by atomic mass is 9.94. The van der Waals surface area contributed by atoms with Crippen LogP contribution >= 0.6 is 0 Å². The Kier molecular flexibility index (Phi) is 4.09. The number of pyridine rings is 1. The van der Waals surface area contributed by atoms with Crippen molar-refractivity contribution >= 4 is 17.5 Å². The van der Waals surface area contributed by atoms with Crippen molar-refractivity contribution in [3.05, 3.63) is 59.9 Å². The first kappa shape index (κ1) is 15.6. The second-order valence-corrected chi connectivity index (χ2v) is 6.41. The molecule has 0 saturated carbocycles. The van der Waals surface area contributed by atoms with Crippen LogP contribution in [0.3, 0.4) is 0 Å². The SMILES string of the molecule is O=C1N[C@H](C(=O)N2CCN(c3ccncc3)CC2)Cc2ccccc21. The van der Waals surface area contributed by atoms with Crippen molar-refractivity contribution in [2.45, 2.75) is 12.5 Å². The van der Waals surface area contributed by atoms with E-state index in [2.05, 4.69) is 15.2 Å². The maximum absolute atomic E-state index is 12.8. The average Bonchev–Trinajstić information content (AvgIpc) is 2.68. The number of carbonyl (C=O) groups is 2. The first-order chi connectivity index (χ1) is 12.2. The topological polar surface area (TPSA) is 65.5 Å². The van der Waals surface area contributed by atoms with Crippen LogP contribution < -0.4 is 10.2 Å². The van der Waals surface area contributed by atoms with Crippen molar-refractivity contribution in [3.63, 3.8) is 0 Å². The third-order valence-corrected chi connectivity index (χ3v) is 4.91. The molecule has 2 aliphatic rings. The fourth-order valence-corrected chi connectivity index (χ4v) is 3.54. The maximum Gasteiger partial charge on any atom is 0.252 e. The van der Waals surface area contributed by atoms with Gasteiger partial charge in [0.1, 0.15) is 6.04 Å². The largest absolute Gasteiger partial charge is 0.368 e. The molecule has 6 nitrogen and oxygen atoms in total. The van der Waals surface area contributed by atoms with Gasteiger partial charge in [-0.05, 0) is 23.8 Å². The summed E-state index contributed by atoms with van der Waals surface area (Å²) in [5.41, 5.74) is 2.75. The highest BCUT2D eigenvalue weighted by molar-refractivity contribution is 6.00. The number of aromatic nitrogens is 1. The van der Waals surface area contributed by atoms with Gasteiger partial charge in [-0.1, -0.05) is 18.2 Å². The summed E-state index contributed by atoms with van der Waals surface area (Å²) in [5.74, 6) is -0.146. The van der Waals surface area contributed by atoms with Crippen molar-refractivity contribution in [2.75, 3.05) is 31.1 Å². The zero-order valence-electron chi connectivity index (χ0n) is 13.9. The Labute approximate surface area is 146 Å². The van der Waals surface area contributed by atoms with E-state index < -0.39 is 6.04 Å². The Bertz CT molecular complexity index is 785. The van der Waals surface area contributed by atoms with Crippen molar-refractivity contribution in [1.29, 1.82) is 0 Å². The fourth-order valence-electron chi connectivity index (χ4n) is 3.54. The number of nitrogens with one attached hydrogen (secondary N) is 1. The Hall–Kier alpha value is -2.89. The first-order valence-electron chi connectivity index (χ1n) is 8.55. The second-order valence-electron chi connectivity index (χ2n) is 6.41. The molecule has 128 valence electrons. The van der Waals surface area contributed by atoms with Crippen LogP contribution in [0.25, 0.3) is 0 Å². The third-order valence-electron chi connectivity index (χ3n) is 4.91. The number of fused-ring (bicyclic) bond motifs is 1. The molecule has 0 spiro atoms. The molecular weight excluding hydrogens is 316 g/mol. The minimum absolute atomic E-state index is 0.0113. The molecule has 3 heterocycles.